The molecule has 1 aliphatic rings. The Kier molecular flexibility index (Phi) is 7.31. The Balaban J connectivity index is 1.53. The van der Waals surface area contributed by atoms with Crippen molar-refractivity contribution in [1.82, 2.24) is 0 Å². The highest BCUT2D eigenvalue weighted by atomic mass is 19.1. The Morgan fingerprint density at radius 2 is 1.79 bits per heavy atom. The first-order valence-electron chi connectivity index (χ1n) is 11.5. The highest BCUT2D eigenvalue weighted by molar-refractivity contribution is 5.71. The Morgan fingerprint density at radius 3 is 2.44 bits per heavy atom. The summed E-state index contributed by atoms with van der Waals surface area (Å²) >= 11 is 0. The third kappa shape index (κ3) is 5.66. The number of allylic oxidation sites excluding steroid dienone is 2. The van der Waals surface area contributed by atoms with Crippen molar-refractivity contribution in [1.29, 1.82) is 0 Å². The Bertz CT molecular complexity index is 1180. The topological polar surface area (TPSA) is 55.8 Å². The van der Waals surface area contributed by atoms with Crippen LogP contribution in [0.5, 0.6) is 11.5 Å². The maximum absolute atomic E-state index is 14.7. The fourth-order valence-electron chi connectivity index (χ4n) is 4.21. The smallest absolute Gasteiger partial charge is 0.304 e. The third-order valence-electron chi connectivity index (χ3n) is 6.13. The van der Waals surface area contributed by atoms with E-state index in [-0.39, 0.29) is 18.2 Å². The molecule has 176 valence electrons. The van der Waals surface area contributed by atoms with Crippen molar-refractivity contribution in [2.24, 2.45) is 0 Å². The monoisotopic (exact) mass is 460 g/mol. The molecule has 0 radical (unpaired) electrons. The first kappa shape index (κ1) is 23.6. The van der Waals surface area contributed by atoms with Crippen LogP contribution in [-0.4, -0.2) is 18.2 Å². The van der Waals surface area contributed by atoms with Crippen LogP contribution < -0.4 is 9.47 Å². The first-order valence-corrected chi connectivity index (χ1v) is 11.5. The number of benzene rings is 3. The van der Waals surface area contributed by atoms with Crippen LogP contribution in [0.4, 0.5) is 4.39 Å². The molecule has 1 saturated carbocycles. The molecule has 0 spiro atoms. The summed E-state index contributed by atoms with van der Waals surface area (Å²) in [5.41, 5.74) is 4.47. The molecule has 1 atom stereocenters. The lowest BCUT2D eigenvalue weighted by molar-refractivity contribution is -0.137. The largest absolute Gasteiger partial charge is 0.497 e. The molecule has 1 N–H and O–H groups in total. The highest BCUT2D eigenvalue weighted by Gasteiger charge is 2.27. The number of hydrogen-bond acceptors (Lipinski definition) is 3. The first-order chi connectivity index (χ1) is 16.5. The van der Waals surface area contributed by atoms with Crippen LogP contribution in [0.2, 0.25) is 0 Å². The highest BCUT2D eigenvalue weighted by Crippen LogP contribution is 2.45. The molecule has 4 nitrogen and oxygen atoms in total. The standard InChI is InChI=1S/C29H29FO4/c1-3-4-22(16-29(31)32)20-8-10-23(11-9-20)34-18-19-5-13-25(21-6-7-21)26(15-19)27-17-24(33-2)12-14-28(27)30/h3-5,8-15,17,21-22H,6-7,16,18H2,1-2H3,(H,31,32)/b4-3-/t22-/m0/s1. The van der Waals surface area contributed by atoms with Crippen LogP contribution >= 0.6 is 0 Å². The second-order valence-corrected chi connectivity index (χ2v) is 8.63. The zero-order valence-electron chi connectivity index (χ0n) is 19.5. The number of carboxylic acid groups (broad SMARTS) is 1. The molecule has 3 aromatic rings. The van der Waals surface area contributed by atoms with Gasteiger partial charge in [0, 0.05) is 11.5 Å². The van der Waals surface area contributed by atoms with Crippen molar-refractivity contribution in [2.45, 2.75) is 44.6 Å². The Morgan fingerprint density at radius 1 is 1.06 bits per heavy atom. The van der Waals surface area contributed by atoms with Gasteiger partial charge in [-0.1, -0.05) is 36.4 Å². The van der Waals surface area contributed by atoms with Crippen molar-refractivity contribution in [3.63, 3.8) is 0 Å². The zero-order chi connectivity index (χ0) is 24.1. The van der Waals surface area contributed by atoms with E-state index in [9.17, 15) is 9.18 Å². The van der Waals surface area contributed by atoms with Crippen molar-refractivity contribution < 1.29 is 23.8 Å². The van der Waals surface area contributed by atoms with Crippen LogP contribution in [0.3, 0.4) is 0 Å². The molecular weight excluding hydrogens is 431 g/mol. The number of methoxy groups -OCH3 is 1. The van der Waals surface area contributed by atoms with Crippen LogP contribution in [0.15, 0.2) is 72.8 Å². The molecule has 1 aliphatic carbocycles. The van der Waals surface area contributed by atoms with E-state index >= 15 is 0 Å². The van der Waals surface area contributed by atoms with Crippen molar-refractivity contribution in [2.75, 3.05) is 7.11 Å². The molecule has 0 aliphatic heterocycles. The normalized spacial score (nSPS) is 14.2. The van der Waals surface area contributed by atoms with Gasteiger partial charge in [-0.3, -0.25) is 4.79 Å². The molecule has 0 amide bonds. The molecule has 0 heterocycles. The van der Waals surface area contributed by atoms with Crippen LogP contribution in [-0.2, 0) is 11.4 Å². The van der Waals surface area contributed by atoms with Crippen molar-refractivity contribution >= 4 is 5.97 Å². The van der Waals surface area contributed by atoms with Crippen LogP contribution in [0.1, 0.15) is 54.7 Å². The number of ether oxygens (including phenoxy) is 2. The summed E-state index contributed by atoms with van der Waals surface area (Å²) in [6.45, 7) is 2.22. The summed E-state index contributed by atoms with van der Waals surface area (Å²) in [6.07, 6.45) is 6.05. The average Bonchev–Trinajstić information content (AvgIpc) is 3.68. The van der Waals surface area contributed by atoms with Gasteiger partial charge in [0.2, 0.25) is 0 Å². The fourth-order valence-corrected chi connectivity index (χ4v) is 4.21. The van der Waals surface area contributed by atoms with E-state index < -0.39 is 5.97 Å². The molecule has 5 heteroatoms. The third-order valence-corrected chi connectivity index (χ3v) is 6.13. The second-order valence-electron chi connectivity index (χ2n) is 8.63. The lowest BCUT2D eigenvalue weighted by Crippen LogP contribution is -2.04. The SMILES string of the molecule is C/C=C\[C@@H](CC(=O)O)c1ccc(OCc2ccc(C3CC3)c(-c3cc(OC)ccc3F)c2)cc1. The number of rotatable bonds is 10. The quantitative estimate of drug-likeness (QED) is 0.328. The van der Waals surface area contributed by atoms with E-state index in [1.807, 2.05) is 55.5 Å². The molecule has 4 rings (SSSR count). The Hall–Kier alpha value is -3.60. The van der Waals surface area contributed by atoms with Gasteiger partial charge >= 0.3 is 5.97 Å². The number of hydrogen-bond donors (Lipinski definition) is 1. The molecule has 0 unspecified atom stereocenters. The summed E-state index contributed by atoms with van der Waals surface area (Å²) < 4.78 is 26.1. The number of halogens is 1. The van der Waals surface area contributed by atoms with E-state index in [1.165, 1.54) is 6.07 Å². The van der Waals surface area contributed by atoms with Crippen LogP contribution in [0.25, 0.3) is 11.1 Å². The number of carbonyl (C=O) groups is 1. The maximum Gasteiger partial charge on any atom is 0.304 e. The minimum atomic E-state index is -0.832. The van der Waals surface area contributed by atoms with Gasteiger partial charge in [-0.25, -0.2) is 4.39 Å². The van der Waals surface area contributed by atoms with E-state index in [0.717, 1.165) is 35.1 Å². The van der Waals surface area contributed by atoms with Gasteiger partial charge in [-0.05, 0) is 84.3 Å². The minimum Gasteiger partial charge on any atom is -0.497 e. The van der Waals surface area contributed by atoms with E-state index in [2.05, 4.69) is 6.07 Å². The van der Waals surface area contributed by atoms with E-state index in [0.29, 0.717) is 29.6 Å². The predicted octanol–water partition coefficient (Wildman–Crippen LogP) is 7.09. The van der Waals surface area contributed by atoms with E-state index in [4.69, 9.17) is 14.6 Å². The maximum atomic E-state index is 14.7. The zero-order valence-corrected chi connectivity index (χ0v) is 19.5. The molecule has 0 aromatic heterocycles. The summed E-state index contributed by atoms with van der Waals surface area (Å²) in [4.78, 5) is 11.2. The summed E-state index contributed by atoms with van der Waals surface area (Å²) in [7, 11) is 1.58. The van der Waals surface area contributed by atoms with Crippen molar-refractivity contribution in [3.8, 4) is 22.6 Å². The molecule has 0 saturated heterocycles. The molecule has 1 fully saturated rings. The van der Waals surface area contributed by atoms with Gasteiger partial charge in [0.15, 0.2) is 0 Å². The van der Waals surface area contributed by atoms with Gasteiger partial charge in [0.25, 0.3) is 0 Å². The number of aliphatic carboxylic acids is 1. The molecule has 34 heavy (non-hydrogen) atoms. The fraction of sp³-hybridized carbons (Fsp3) is 0.276. The Labute approximate surface area is 199 Å². The van der Waals surface area contributed by atoms with Gasteiger partial charge in [0.05, 0.1) is 13.5 Å². The lowest BCUT2D eigenvalue weighted by atomic mass is 9.94. The summed E-state index contributed by atoms with van der Waals surface area (Å²) in [5.74, 6) is 0.512. The van der Waals surface area contributed by atoms with Gasteiger partial charge < -0.3 is 14.6 Å². The summed E-state index contributed by atoms with van der Waals surface area (Å²) in [6, 6.07) is 18.5. The lowest BCUT2D eigenvalue weighted by Gasteiger charge is -2.15. The van der Waals surface area contributed by atoms with Gasteiger partial charge in [-0.2, -0.15) is 0 Å². The average molecular weight is 461 g/mol. The van der Waals surface area contributed by atoms with Crippen molar-refractivity contribution in [3.05, 3.63) is 95.3 Å². The van der Waals surface area contributed by atoms with Gasteiger partial charge in [0.1, 0.15) is 23.9 Å². The molecular formula is C29H29FO4. The number of carboxylic acids is 1. The van der Waals surface area contributed by atoms with E-state index in [1.54, 1.807) is 19.2 Å². The second kappa shape index (κ2) is 10.6. The predicted molar refractivity (Wildman–Crippen MR) is 131 cm³/mol. The molecule has 3 aromatic carbocycles. The minimum absolute atomic E-state index is 0.0431. The summed E-state index contributed by atoms with van der Waals surface area (Å²) in [5, 5.41) is 9.16. The van der Waals surface area contributed by atoms with Gasteiger partial charge in [-0.15, -0.1) is 0 Å². The van der Waals surface area contributed by atoms with Crippen LogP contribution in [0, 0.1) is 5.82 Å². The molecule has 0 bridgehead atoms.